The Kier molecular flexibility index (Phi) is 2.84. The molecule has 0 spiro atoms. The van der Waals surface area contributed by atoms with E-state index in [0.29, 0.717) is 21.1 Å². The van der Waals surface area contributed by atoms with E-state index < -0.39 is 12.6 Å². The van der Waals surface area contributed by atoms with Crippen LogP contribution in [0.15, 0.2) is 12.1 Å². The summed E-state index contributed by atoms with van der Waals surface area (Å²) in [7, 11) is 0. The van der Waals surface area contributed by atoms with Crippen molar-refractivity contribution in [1.29, 1.82) is 0 Å². The lowest BCUT2D eigenvalue weighted by Crippen LogP contribution is -2.20. The lowest BCUT2D eigenvalue weighted by atomic mass is 10.3. The van der Waals surface area contributed by atoms with E-state index in [-0.39, 0.29) is 0 Å². The van der Waals surface area contributed by atoms with Crippen LogP contribution in [-0.2, 0) is 4.79 Å². The number of benzene rings is 1. The molecular formula is C8H5Cl2N3O3. The fraction of sp³-hybridized carbons (Fsp3) is 0.125. The molecule has 0 saturated heterocycles. The number of halogens is 2. The van der Waals surface area contributed by atoms with Crippen molar-refractivity contribution in [1.82, 2.24) is 15.2 Å². The maximum Gasteiger partial charge on any atom is 0.344 e. The molecule has 1 N–H and O–H groups in total. The van der Waals surface area contributed by atoms with Crippen LogP contribution in [0.5, 0.6) is 0 Å². The van der Waals surface area contributed by atoms with E-state index in [0.717, 1.165) is 4.85 Å². The maximum atomic E-state index is 10.3. The standard InChI is InChI=1S/C8H5Cl2N3O3/c9-4-1-6-7(2-5(4)10)13(12-11-6)16-3-8(14)15/h1-2H,3H2,(H,14,15). The molecule has 0 unspecified atom stereocenters. The molecule has 2 aromatic rings. The highest BCUT2D eigenvalue weighted by Gasteiger charge is 2.10. The zero-order valence-corrected chi connectivity index (χ0v) is 9.23. The van der Waals surface area contributed by atoms with E-state index >= 15 is 0 Å². The first-order valence-electron chi connectivity index (χ1n) is 4.13. The Hall–Kier alpha value is -1.53. The van der Waals surface area contributed by atoms with Crippen LogP contribution in [0.2, 0.25) is 10.0 Å². The summed E-state index contributed by atoms with van der Waals surface area (Å²) in [6.45, 7) is -0.515. The van der Waals surface area contributed by atoms with Gasteiger partial charge in [-0.1, -0.05) is 28.0 Å². The second kappa shape index (κ2) is 4.15. The van der Waals surface area contributed by atoms with Gasteiger partial charge in [-0.2, -0.15) is 0 Å². The molecular weight excluding hydrogens is 257 g/mol. The maximum absolute atomic E-state index is 10.3. The van der Waals surface area contributed by atoms with Crippen LogP contribution in [0, 0.1) is 0 Å². The minimum Gasteiger partial charge on any atom is -0.479 e. The fourth-order valence-corrected chi connectivity index (χ4v) is 1.42. The summed E-state index contributed by atoms with van der Waals surface area (Å²) >= 11 is 11.6. The summed E-state index contributed by atoms with van der Waals surface area (Å²) in [5.41, 5.74) is 0.926. The molecule has 84 valence electrons. The monoisotopic (exact) mass is 261 g/mol. The Morgan fingerprint density at radius 1 is 1.44 bits per heavy atom. The zero-order valence-electron chi connectivity index (χ0n) is 7.72. The van der Waals surface area contributed by atoms with E-state index in [1.807, 2.05) is 0 Å². The van der Waals surface area contributed by atoms with Gasteiger partial charge in [-0.05, 0) is 17.3 Å². The van der Waals surface area contributed by atoms with Crippen molar-refractivity contribution in [3.05, 3.63) is 22.2 Å². The van der Waals surface area contributed by atoms with Crippen LogP contribution in [0.3, 0.4) is 0 Å². The second-order valence-electron chi connectivity index (χ2n) is 2.88. The van der Waals surface area contributed by atoms with Crippen molar-refractivity contribution in [2.24, 2.45) is 0 Å². The van der Waals surface area contributed by atoms with Gasteiger partial charge in [0.2, 0.25) is 6.61 Å². The van der Waals surface area contributed by atoms with E-state index in [1.165, 1.54) is 12.1 Å². The first-order chi connectivity index (χ1) is 7.58. The number of carboxylic acids is 1. The third-order valence-electron chi connectivity index (χ3n) is 1.77. The molecule has 1 aromatic heterocycles. The molecule has 6 nitrogen and oxygen atoms in total. The molecule has 0 aliphatic rings. The fourth-order valence-electron chi connectivity index (χ4n) is 1.11. The van der Waals surface area contributed by atoms with Crippen molar-refractivity contribution in [3.8, 4) is 0 Å². The van der Waals surface area contributed by atoms with E-state index in [1.54, 1.807) is 0 Å². The van der Waals surface area contributed by atoms with Gasteiger partial charge in [-0.25, -0.2) is 4.79 Å². The summed E-state index contributed by atoms with van der Waals surface area (Å²) in [5, 5.41) is 16.5. The molecule has 0 radical (unpaired) electrons. The lowest BCUT2D eigenvalue weighted by molar-refractivity contribution is -0.142. The quantitative estimate of drug-likeness (QED) is 0.900. The third-order valence-corrected chi connectivity index (χ3v) is 2.49. The second-order valence-corrected chi connectivity index (χ2v) is 3.70. The Morgan fingerprint density at radius 2 is 2.12 bits per heavy atom. The number of hydrogen-bond donors (Lipinski definition) is 1. The number of fused-ring (bicyclic) bond motifs is 1. The average Bonchev–Trinajstić information content (AvgIpc) is 2.58. The van der Waals surface area contributed by atoms with Crippen molar-refractivity contribution in [3.63, 3.8) is 0 Å². The summed E-state index contributed by atoms with van der Waals surface area (Å²) in [5.74, 6) is -1.11. The number of rotatable bonds is 3. The number of carbonyl (C=O) groups is 1. The van der Waals surface area contributed by atoms with Gasteiger partial charge >= 0.3 is 5.97 Å². The number of carboxylic acid groups (broad SMARTS) is 1. The SMILES string of the molecule is O=C(O)COn1nnc2cc(Cl)c(Cl)cc21. The Labute approximate surface area is 99.3 Å². The van der Waals surface area contributed by atoms with Crippen LogP contribution in [0.25, 0.3) is 11.0 Å². The van der Waals surface area contributed by atoms with Crippen molar-refractivity contribution < 1.29 is 14.7 Å². The molecule has 0 bridgehead atoms. The van der Waals surface area contributed by atoms with Crippen LogP contribution in [-0.4, -0.2) is 32.8 Å². The van der Waals surface area contributed by atoms with Crippen LogP contribution >= 0.6 is 23.2 Å². The van der Waals surface area contributed by atoms with Gasteiger partial charge in [0.25, 0.3) is 0 Å². The molecule has 0 amide bonds. The number of nitrogens with zero attached hydrogens (tertiary/aromatic N) is 3. The topological polar surface area (TPSA) is 77.2 Å². The molecule has 8 heteroatoms. The van der Waals surface area contributed by atoms with Gasteiger partial charge < -0.3 is 9.94 Å². The minimum absolute atomic E-state index is 0.316. The van der Waals surface area contributed by atoms with Gasteiger partial charge in [-0.3, -0.25) is 0 Å². The highest BCUT2D eigenvalue weighted by molar-refractivity contribution is 6.42. The van der Waals surface area contributed by atoms with Gasteiger partial charge in [0, 0.05) is 0 Å². The lowest BCUT2D eigenvalue weighted by Gasteiger charge is -2.02. The van der Waals surface area contributed by atoms with Crippen LogP contribution in [0.1, 0.15) is 0 Å². The number of aliphatic carboxylic acids is 1. The van der Waals surface area contributed by atoms with Gasteiger partial charge in [0.05, 0.1) is 10.0 Å². The molecule has 16 heavy (non-hydrogen) atoms. The minimum atomic E-state index is -1.11. The van der Waals surface area contributed by atoms with Crippen molar-refractivity contribution >= 4 is 40.2 Å². The summed E-state index contributed by atoms with van der Waals surface area (Å²) in [6, 6.07) is 3.02. The van der Waals surface area contributed by atoms with E-state index in [9.17, 15) is 4.79 Å². The van der Waals surface area contributed by atoms with Gasteiger partial charge in [-0.15, -0.1) is 5.10 Å². The average molecular weight is 262 g/mol. The molecule has 0 atom stereocenters. The zero-order chi connectivity index (χ0) is 11.7. The first kappa shape index (κ1) is 11.0. The normalized spacial score (nSPS) is 10.6. The van der Waals surface area contributed by atoms with Crippen LogP contribution in [0.4, 0.5) is 0 Å². The summed E-state index contributed by atoms with van der Waals surface area (Å²) < 4.78 is 0. The predicted molar refractivity (Wildman–Crippen MR) is 56.6 cm³/mol. The molecule has 0 fully saturated rings. The van der Waals surface area contributed by atoms with Crippen LogP contribution < -0.4 is 4.84 Å². The first-order valence-corrected chi connectivity index (χ1v) is 4.89. The Balaban J connectivity index is 2.40. The Bertz CT molecular complexity index is 555. The van der Waals surface area contributed by atoms with Crippen molar-refractivity contribution in [2.45, 2.75) is 0 Å². The molecule has 1 aromatic carbocycles. The van der Waals surface area contributed by atoms with E-state index in [4.69, 9.17) is 33.1 Å². The third kappa shape index (κ3) is 2.02. The molecule has 0 saturated carbocycles. The molecule has 2 rings (SSSR count). The van der Waals surface area contributed by atoms with Gasteiger partial charge in [0.15, 0.2) is 0 Å². The highest BCUT2D eigenvalue weighted by atomic mass is 35.5. The smallest absolute Gasteiger partial charge is 0.344 e. The summed E-state index contributed by atoms with van der Waals surface area (Å²) in [4.78, 5) is 16.2. The van der Waals surface area contributed by atoms with Gasteiger partial charge in [0.1, 0.15) is 11.0 Å². The Morgan fingerprint density at radius 3 is 2.81 bits per heavy atom. The molecule has 1 heterocycles. The number of aromatic nitrogens is 3. The number of hydrogen-bond acceptors (Lipinski definition) is 4. The molecule has 0 aliphatic carbocycles. The largest absolute Gasteiger partial charge is 0.479 e. The van der Waals surface area contributed by atoms with E-state index in [2.05, 4.69) is 10.3 Å². The highest BCUT2D eigenvalue weighted by Crippen LogP contribution is 2.26. The summed E-state index contributed by atoms with van der Waals surface area (Å²) in [6.07, 6.45) is 0. The predicted octanol–water partition coefficient (Wildman–Crippen LogP) is 1.25. The van der Waals surface area contributed by atoms with Crippen molar-refractivity contribution in [2.75, 3.05) is 6.61 Å². The molecule has 0 aliphatic heterocycles.